The summed E-state index contributed by atoms with van der Waals surface area (Å²) in [5.41, 5.74) is 0.942. The lowest BCUT2D eigenvalue weighted by Gasteiger charge is -2.46. The van der Waals surface area contributed by atoms with Gasteiger partial charge in [-0.3, -0.25) is 9.59 Å². The highest BCUT2D eigenvalue weighted by atomic mass is 28.4. The van der Waals surface area contributed by atoms with Crippen LogP contribution in [0.15, 0.2) is 72.8 Å². The zero-order valence-electron chi connectivity index (χ0n) is 23.2. The van der Waals surface area contributed by atoms with Gasteiger partial charge in [0.05, 0.1) is 19.3 Å². The van der Waals surface area contributed by atoms with Gasteiger partial charge < -0.3 is 13.9 Å². The molecule has 0 aliphatic heterocycles. The number of allylic oxidation sites excluding steroid dienone is 1. The molecule has 0 heterocycles. The van der Waals surface area contributed by atoms with Crippen LogP contribution in [0.1, 0.15) is 54.4 Å². The molecule has 0 amide bonds. The van der Waals surface area contributed by atoms with Gasteiger partial charge in [-0.05, 0) is 54.9 Å². The van der Waals surface area contributed by atoms with E-state index in [0.717, 1.165) is 28.8 Å². The molecule has 1 aliphatic rings. The topological polar surface area (TPSA) is 61.8 Å². The first kappa shape index (κ1) is 28.9. The fourth-order valence-electron chi connectivity index (χ4n) is 5.94. The zero-order valence-corrected chi connectivity index (χ0v) is 24.2. The number of ether oxygens (including phenoxy) is 2. The van der Waals surface area contributed by atoms with Gasteiger partial charge in [-0.25, -0.2) is 0 Å². The van der Waals surface area contributed by atoms with Gasteiger partial charge in [0.15, 0.2) is 5.92 Å². The van der Waals surface area contributed by atoms with E-state index in [2.05, 4.69) is 75.9 Å². The van der Waals surface area contributed by atoms with Crippen LogP contribution in [0.4, 0.5) is 0 Å². The third kappa shape index (κ3) is 5.91. The molecule has 0 N–H and O–H groups in total. The van der Waals surface area contributed by atoms with Crippen molar-refractivity contribution in [2.75, 3.05) is 13.2 Å². The maximum atomic E-state index is 13.3. The highest BCUT2D eigenvalue weighted by Gasteiger charge is 2.56. The molecular weight excluding hydrogens is 480 g/mol. The Morgan fingerprint density at radius 3 is 1.73 bits per heavy atom. The molecule has 0 unspecified atom stereocenters. The molecule has 6 heteroatoms. The molecule has 0 saturated heterocycles. The van der Waals surface area contributed by atoms with Gasteiger partial charge in [-0.1, -0.05) is 93.6 Å². The molecular formula is C31H42O5Si. The summed E-state index contributed by atoms with van der Waals surface area (Å²) in [6.07, 6.45) is 1.17. The Labute approximate surface area is 223 Å². The number of hydrogen-bond acceptors (Lipinski definition) is 5. The van der Waals surface area contributed by atoms with Crippen molar-refractivity contribution in [3.63, 3.8) is 0 Å². The summed E-state index contributed by atoms with van der Waals surface area (Å²) < 4.78 is 18.3. The van der Waals surface area contributed by atoms with E-state index >= 15 is 0 Å². The fraction of sp³-hybridized carbons (Fsp3) is 0.484. The summed E-state index contributed by atoms with van der Waals surface area (Å²) in [6.45, 7) is 16.8. The van der Waals surface area contributed by atoms with Gasteiger partial charge in [0, 0.05) is 5.92 Å². The molecule has 0 radical (unpaired) electrons. The zero-order chi connectivity index (χ0) is 27.2. The minimum atomic E-state index is -2.91. The first-order valence-electron chi connectivity index (χ1n) is 13.4. The third-order valence-electron chi connectivity index (χ3n) is 7.50. The number of carbonyl (C=O) groups excluding carboxylic acids is 2. The molecule has 0 bridgehead atoms. The van der Waals surface area contributed by atoms with Crippen molar-refractivity contribution in [3.05, 3.63) is 72.8 Å². The van der Waals surface area contributed by atoms with Crippen molar-refractivity contribution in [1.82, 2.24) is 0 Å². The van der Waals surface area contributed by atoms with Gasteiger partial charge in [0.25, 0.3) is 8.32 Å². The number of benzene rings is 2. The largest absolute Gasteiger partial charge is 0.465 e. The lowest BCUT2D eigenvalue weighted by Crippen LogP contribution is -2.68. The van der Waals surface area contributed by atoms with Crippen LogP contribution in [-0.2, 0) is 23.5 Å². The van der Waals surface area contributed by atoms with Gasteiger partial charge in [0.2, 0.25) is 0 Å². The van der Waals surface area contributed by atoms with Crippen LogP contribution in [0.5, 0.6) is 0 Å². The summed E-state index contributed by atoms with van der Waals surface area (Å²) in [6, 6.07) is 20.9. The average Bonchev–Trinajstić information content (AvgIpc) is 3.26. The Bertz CT molecular complexity index is 1000. The lowest BCUT2D eigenvalue weighted by atomic mass is 9.79. The summed E-state index contributed by atoms with van der Waals surface area (Å²) in [5.74, 6) is -2.63. The molecule has 1 fully saturated rings. The molecule has 3 rings (SSSR count). The number of hydrogen-bond donors (Lipinski definition) is 0. The van der Waals surface area contributed by atoms with E-state index in [1.165, 1.54) is 0 Å². The Morgan fingerprint density at radius 1 is 0.892 bits per heavy atom. The smallest absolute Gasteiger partial charge is 0.320 e. The molecule has 2 aromatic rings. The van der Waals surface area contributed by atoms with E-state index in [4.69, 9.17) is 13.9 Å². The van der Waals surface area contributed by atoms with Crippen LogP contribution in [0.2, 0.25) is 5.04 Å². The van der Waals surface area contributed by atoms with Crippen LogP contribution < -0.4 is 10.4 Å². The molecule has 3 atom stereocenters. The van der Waals surface area contributed by atoms with Gasteiger partial charge >= 0.3 is 11.9 Å². The summed E-state index contributed by atoms with van der Waals surface area (Å²) in [5, 5.41) is 2.09. The van der Waals surface area contributed by atoms with Crippen LogP contribution in [0.3, 0.4) is 0 Å². The summed E-state index contributed by atoms with van der Waals surface area (Å²) in [7, 11) is -2.91. The van der Waals surface area contributed by atoms with Crippen molar-refractivity contribution >= 4 is 30.6 Å². The molecule has 0 spiro atoms. The fourth-order valence-corrected chi connectivity index (χ4v) is 10.7. The second-order valence-electron chi connectivity index (χ2n) is 10.9. The van der Waals surface area contributed by atoms with E-state index in [0.29, 0.717) is 0 Å². The maximum absolute atomic E-state index is 13.3. The molecule has 200 valence electrons. The first-order valence-corrected chi connectivity index (χ1v) is 15.3. The molecule has 5 nitrogen and oxygen atoms in total. The van der Waals surface area contributed by atoms with Crippen LogP contribution in [-0.4, -0.2) is 39.6 Å². The molecule has 2 aromatic carbocycles. The standard InChI is InChI=1S/C31H42O5Si/c1-8-34-29(32)28(30(33)35-9-2)27-25(22(3)4)20-21-26(27)36-37(31(5,6)7,23-16-12-10-13-17-23)24-18-14-11-15-19-24/h10-19,25-28H,3,8-9,20-21H2,1-2,4-7H3/t25-,26-,27-/m0/s1. The van der Waals surface area contributed by atoms with Crippen molar-refractivity contribution < 1.29 is 23.5 Å². The summed E-state index contributed by atoms with van der Waals surface area (Å²) in [4.78, 5) is 26.5. The number of esters is 2. The van der Waals surface area contributed by atoms with Crippen LogP contribution >= 0.6 is 0 Å². The van der Waals surface area contributed by atoms with Crippen molar-refractivity contribution in [1.29, 1.82) is 0 Å². The number of carbonyl (C=O) groups is 2. The quantitative estimate of drug-likeness (QED) is 0.184. The third-order valence-corrected chi connectivity index (χ3v) is 12.6. The predicted molar refractivity (Wildman–Crippen MR) is 150 cm³/mol. The SMILES string of the molecule is C=C(C)[C@@H]1CC[C@H](O[Si](c2ccccc2)(c2ccccc2)C(C)(C)C)[C@H]1C(C(=O)OCC)C(=O)OCC. The Balaban J connectivity index is 2.20. The van der Waals surface area contributed by atoms with Crippen LogP contribution in [0.25, 0.3) is 0 Å². The average molecular weight is 523 g/mol. The van der Waals surface area contributed by atoms with E-state index < -0.39 is 32.1 Å². The van der Waals surface area contributed by atoms with E-state index in [1.54, 1.807) is 13.8 Å². The molecule has 1 aliphatic carbocycles. The summed E-state index contributed by atoms with van der Waals surface area (Å²) >= 11 is 0. The van der Waals surface area contributed by atoms with E-state index in [1.807, 2.05) is 19.1 Å². The lowest BCUT2D eigenvalue weighted by molar-refractivity contribution is -0.166. The van der Waals surface area contributed by atoms with Gasteiger partial charge in [-0.15, -0.1) is 0 Å². The Morgan fingerprint density at radius 2 is 1.35 bits per heavy atom. The highest BCUT2D eigenvalue weighted by Crippen LogP contribution is 2.47. The van der Waals surface area contributed by atoms with Crippen molar-refractivity contribution in [3.8, 4) is 0 Å². The number of rotatable bonds is 10. The minimum Gasteiger partial charge on any atom is -0.465 e. The van der Waals surface area contributed by atoms with Gasteiger partial charge in [0.1, 0.15) is 0 Å². The highest BCUT2D eigenvalue weighted by molar-refractivity contribution is 6.99. The van der Waals surface area contributed by atoms with Crippen LogP contribution in [0, 0.1) is 17.8 Å². The normalized spacial score (nSPS) is 20.0. The minimum absolute atomic E-state index is 0.0537. The Hall–Kier alpha value is -2.70. The van der Waals surface area contributed by atoms with E-state index in [9.17, 15) is 9.59 Å². The van der Waals surface area contributed by atoms with Gasteiger partial charge in [-0.2, -0.15) is 0 Å². The molecule has 37 heavy (non-hydrogen) atoms. The van der Waals surface area contributed by atoms with E-state index in [-0.39, 0.29) is 30.3 Å². The second-order valence-corrected chi connectivity index (χ2v) is 15.2. The predicted octanol–water partition coefficient (Wildman–Crippen LogP) is 5.28. The monoisotopic (exact) mass is 522 g/mol. The second kappa shape index (κ2) is 12.2. The maximum Gasteiger partial charge on any atom is 0.320 e. The van der Waals surface area contributed by atoms with Crippen molar-refractivity contribution in [2.24, 2.45) is 17.8 Å². The Kier molecular flexibility index (Phi) is 9.54. The molecule has 1 saturated carbocycles. The molecule has 0 aromatic heterocycles. The first-order chi connectivity index (χ1) is 17.6. The van der Waals surface area contributed by atoms with Crippen molar-refractivity contribution in [2.45, 2.75) is 65.5 Å².